The molecule has 1 aromatic carbocycles. The highest BCUT2D eigenvalue weighted by Crippen LogP contribution is 2.65. The van der Waals surface area contributed by atoms with Gasteiger partial charge in [-0.3, -0.25) is 19.3 Å². The topological polar surface area (TPSA) is 66.5 Å². The Morgan fingerprint density at radius 1 is 1.08 bits per heavy atom. The molecule has 2 saturated carbocycles. The number of halogens is 1. The predicted molar refractivity (Wildman–Crippen MR) is 94.2 cm³/mol. The maximum absolute atomic E-state index is 12.8. The molecule has 4 aliphatic carbocycles. The molecule has 1 saturated heterocycles. The lowest BCUT2D eigenvalue weighted by molar-refractivity contribution is -0.142. The number of benzene rings is 1. The quantitative estimate of drug-likeness (QED) is 0.625. The van der Waals surface area contributed by atoms with Gasteiger partial charge < -0.3 is 5.32 Å². The standard InChI is InChI=1S/C19H17BrN2O3/c20-13-3-1-2-4-14(13)21-15(23)8-22-18(24)16-9-5-6-10(12-7-11(9)12)17(16)19(22)25/h1-6,9-12,16-17H,7-8H2,(H,21,23)/t9-,10-,11-,12+,16-,17+/m0/s1. The van der Waals surface area contributed by atoms with Gasteiger partial charge in [-0.05, 0) is 58.2 Å². The highest BCUT2D eigenvalue weighted by Gasteiger charge is 2.67. The van der Waals surface area contributed by atoms with Crippen LogP contribution < -0.4 is 5.32 Å². The molecule has 0 spiro atoms. The first kappa shape index (κ1) is 15.3. The zero-order valence-corrected chi connectivity index (χ0v) is 15.0. The Balaban J connectivity index is 1.34. The van der Waals surface area contributed by atoms with Crippen molar-refractivity contribution in [2.24, 2.45) is 35.5 Å². The van der Waals surface area contributed by atoms with Crippen molar-refractivity contribution in [3.63, 3.8) is 0 Å². The van der Waals surface area contributed by atoms with Crippen LogP contribution in [-0.2, 0) is 14.4 Å². The Hall–Kier alpha value is -1.95. The van der Waals surface area contributed by atoms with Crippen molar-refractivity contribution in [2.75, 3.05) is 11.9 Å². The molecule has 1 heterocycles. The molecular weight excluding hydrogens is 384 g/mol. The first-order chi connectivity index (χ1) is 12.1. The molecule has 0 aromatic heterocycles. The molecule has 6 atom stereocenters. The molecular formula is C19H17BrN2O3. The van der Waals surface area contributed by atoms with Gasteiger partial charge in [0.2, 0.25) is 17.7 Å². The van der Waals surface area contributed by atoms with E-state index in [2.05, 4.69) is 33.4 Å². The van der Waals surface area contributed by atoms with E-state index in [9.17, 15) is 14.4 Å². The molecule has 0 unspecified atom stereocenters. The van der Waals surface area contributed by atoms with Gasteiger partial charge in [0.15, 0.2) is 0 Å². The predicted octanol–water partition coefficient (Wildman–Crippen LogP) is 2.44. The summed E-state index contributed by atoms with van der Waals surface area (Å²) in [4.78, 5) is 39.2. The summed E-state index contributed by atoms with van der Waals surface area (Å²) in [5.41, 5.74) is 0.631. The lowest BCUT2D eigenvalue weighted by Crippen LogP contribution is -2.40. The molecule has 3 amide bonds. The highest BCUT2D eigenvalue weighted by molar-refractivity contribution is 9.10. The third kappa shape index (κ3) is 2.16. The van der Waals surface area contributed by atoms with E-state index in [1.807, 2.05) is 18.2 Å². The summed E-state index contributed by atoms with van der Waals surface area (Å²) in [7, 11) is 0. The van der Waals surface area contributed by atoms with Crippen LogP contribution in [0.2, 0.25) is 0 Å². The van der Waals surface area contributed by atoms with Crippen molar-refractivity contribution in [2.45, 2.75) is 6.42 Å². The molecule has 2 bridgehead atoms. The molecule has 1 aliphatic heterocycles. The molecule has 1 aromatic rings. The Morgan fingerprint density at radius 3 is 2.28 bits per heavy atom. The molecule has 1 N–H and O–H groups in total. The number of likely N-dealkylation sites (tertiary alicyclic amines) is 1. The molecule has 5 aliphatic rings. The fourth-order valence-corrected chi connectivity index (χ4v) is 5.45. The number of anilines is 1. The summed E-state index contributed by atoms with van der Waals surface area (Å²) < 4.78 is 0.762. The zero-order valence-electron chi connectivity index (χ0n) is 13.4. The second-order valence-electron chi connectivity index (χ2n) is 7.45. The number of imide groups is 1. The van der Waals surface area contributed by atoms with Gasteiger partial charge in [0.1, 0.15) is 6.54 Å². The summed E-state index contributed by atoms with van der Waals surface area (Å²) in [5, 5.41) is 2.77. The SMILES string of the molecule is O=C(CN1C(=O)[C@@H]2[C@H]3C=C[C@@H]([C@@H]4C[C@H]34)[C@@H]2C1=O)Nc1ccccc1Br. The van der Waals surface area contributed by atoms with E-state index in [0.717, 1.165) is 10.9 Å². The third-order valence-corrected chi connectivity index (χ3v) is 6.90. The first-order valence-electron chi connectivity index (χ1n) is 8.64. The number of hydrogen-bond acceptors (Lipinski definition) is 3. The van der Waals surface area contributed by atoms with Crippen LogP contribution in [0.1, 0.15) is 6.42 Å². The van der Waals surface area contributed by atoms with Crippen molar-refractivity contribution in [3.8, 4) is 0 Å². The number of hydrogen-bond donors (Lipinski definition) is 1. The normalized spacial score (nSPS) is 37.1. The van der Waals surface area contributed by atoms with Crippen molar-refractivity contribution >= 4 is 39.3 Å². The summed E-state index contributed by atoms with van der Waals surface area (Å²) >= 11 is 3.38. The fourth-order valence-electron chi connectivity index (χ4n) is 5.07. The van der Waals surface area contributed by atoms with Crippen LogP contribution in [0.5, 0.6) is 0 Å². The number of rotatable bonds is 3. The maximum atomic E-state index is 12.8. The highest BCUT2D eigenvalue weighted by atomic mass is 79.9. The molecule has 6 rings (SSSR count). The zero-order chi connectivity index (χ0) is 17.3. The largest absolute Gasteiger partial charge is 0.324 e. The van der Waals surface area contributed by atoms with Crippen LogP contribution in [0.15, 0.2) is 40.9 Å². The smallest absolute Gasteiger partial charge is 0.244 e. The average Bonchev–Trinajstić information content (AvgIpc) is 3.38. The van der Waals surface area contributed by atoms with Crippen LogP contribution >= 0.6 is 15.9 Å². The Morgan fingerprint density at radius 2 is 1.68 bits per heavy atom. The van der Waals surface area contributed by atoms with Gasteiger partial charge in [0.05, 0.1) is 17.5 Å². The molecule has 25 heavy (non-hydrogen) atoms. The van der Waals surface area contributed by atoms with Crippen molar-refractivity contribution < 1.29 is 14.4 Å². The van der Waals surface area contributed by atoms with Crippen molar-refractivity contribution in [3.05, 3.63) is 40.9 Å². The van der Waals surface area contributed by atoms with E-state index in [1.54, 1.807) is 6.07 Å². The van der Waals surface area contributed by atoms with E-state index in [-0.39, 0.29) is 47.9 Å². The fraction of sp³-hybridized carbons (Fsp3) is 0.421. The number of allylic oxidation sites excluding steroid dienone is 2. The number of nitrogens with one attached hydrogen (secondary N) is 1. The average molecular weight is 401 g/mol. The Kier molecular flexibility index (Phi) is 3.23. The van der Waals surface area contributed by atoms with Crippen molar-refractivity contribution in [1.82, 2.24) is 4.90 Å². The first-order valence-corrected chi connectivity index (χ1v) is 9.43. The second-order valence-corrected chi connectivity index (χ2v) is 8.30. The molecule has 128 valence electrons. The van der Waals surface area contributed by atoms with Gasteiger partial charge in [0, 0.05) is 4.47 Å². The summed E-state index contributed by atoms with van der Waals surface area (Å²) in [6.45, 7) is -0.208. The lowest BCUT2D eigenvalue weighted by atomic mass is 9.63. The van der Waals surface area contributed by atoms with Gasteiger partial charge in [-0.2, -0.15) is 0 Å². The Bertz CT molecular complexity index is 800. The van der Waals surface area contributed by atoms with Gasteiger partial charge >= 0.3 is 0 Å². The van der Waals surface area contributed by atoms with Crippen LogP contribution in [0, 0.1) is 35.5 Å². The summed E-state index contributed by atoms with van der Waals surface area (Å²) in [6, 6.07) is 7.27. The number of amides is 3. The van der Waals surface area contributed by atoms with Gasteiger partial charge in [-0.25, -0.2) is 0 Å². The number of nitrogens with zero attached hydrogens (tertiary/aromatic N) is 1. The van der Waals surface area contributed by atoms with Crippen LogP contribution in [0.25, 0.3) is 0 Å². The maximum Gasteiger partial charge on any atom is 0.244 e. The number of para-hydroxylation sites is 1. The van der Waals surface area contributed by atoms with E-state index in [0.29, 0.717) is 17.5 Å². The van der Waals surface area contributed by atoms with Crippen LogP contribution in [0.4, 0.5) is 5.69 Å². The van der Waals surface area contributed by atoms with Crippen molar-refractivity contribution in [1.29, 1.82) is 0 Å². The minimum Gasteiger partial charge on any atom is -0.324 e. The van der Waals surface area contributed by atoms with Gasteiger partial charge in [0.25, 0.3) is 0 Å². The van der Waals surface area contributed by atoms with E-state index < -0.39 is 0 Å². The molecule has 3 fully saturated rings. The lowest BCUT2D eigenvalue weighted by Gasteiger charge is -2.37. The molecule has 5 nitrogen and oxygen atoms in total. The van der Waals surface area contributed by atoms with E-state index >= 15 is 0 Å². The minimum atomic E-state index is -0.349. The third-order valence-electron chi connectivity index (χ3n) is 6.20. The number of carbonyl (C=O) groups is 3. The number of carbonyl (C=O) groups excluding carboxylic acids is 3. The van der Waals surface area contributed by atoms with Crippen LogP contribution in [-0.4, -0.2) is 29.2 Å². The monoisotopic (exact) mass is 400 g/mol. The van der Waals surface area contributed by atoms with Crippen LogP contribution in [0.3, 0.4) is 0 Å². The van der Waals surface area contributed by atoms with E-state index in [1.165, 1.54) is 4.90 Å². The second kappa shape index (κ2) is 5.27. The molecule has 6 heteroatoms. The Labute approximate surface area is 153 Å². The molecule has 0 radical (unpaired) electrons. The van der Waals surface area contributed by atoms with E-state index in [4.69, 9.17) is 0 Å². The van der Waals surface area contributed by atoms with Gasteiger partial charge in [-0.15, -0.1) is 0 Å². The van der Waals surface area contributed by atoms with Gasteiger partial charge in [-0.1, -0.05) is 24.3 Å². The summed E-state index contributed by atoms with van der Waals surface area (Å²) in [5.74, 6) is 0.344. The minimum absolute atomic E-state index is 0.165. The summed E-state index contributed by atoms with van der Waals surface area (Å²) in [6.07, 6.45) is 5.41.